The fourth-order valence-corrected chi connectivity index (χ4v) is 3.41. The highest BCUT2D eigenvalue weighted by molar-refractivity contribution is 7.92. The van der Waals surface area contributed by atoms with Gasteiger partial charge in [0.2, 0.25) is 10.0 Å². The molecule has 0 fully saturated rings. The first-order chi connectivity index (χ1) is 11.6. The third-order valence-corrected chi connectivity index (χ3v) is 4.88. The summed E-state index contributed by atoms with van der Waals surface area (Å²) in [6.45, 7) is 2.52. The van der Waals surface area contributed by atoms with E-state index in [9.17, 15) is 8.42 Å². The lowest BCUT2D eigenvalue weighted by Crippen LogP contribution is -2.20. The number of fused-ring (bicyclic) bond motifs is 1. The molecule has 2 N–H and O–H groups in total. The number of hydrogen-bond acceptors (Lipinski definition) is 4. The normalized spacial score (nSPS) is 11.7. The number of sulfonamides is 1. The van der Waals surface area contributed by atoms with Crippen LogP contribution in [0.3, 0.4) is 0 Å². The molecule has 0 atom stereocenters. The van der Waals surface area contributed by atoms with Crippen molar-refractivity contribution in [3.05, 3.63) is 48.8 Å². The van der Waals surface area contributed by atoms with Crippen LogP contribution in [0, 0.1) is 0 Å². The molecule has 2 aromatic heterocycles. The molecule has 0 radical (unpaired) electrons. The van der Waals surface area contributed by atoms with Crippen molar-refractivity contribution in [2.45, 2.75) is 6.92 Å². The first-order valence-corrected chi connectivity index (χ1v) is 9.35. The predicted octanol–water partition coefficient (Wildman–Crippen LogP) is 3.01. The Hall–Kier alpha value is -2.38. The molecule has 1 aromatic carbocycles. The largest absolute Gasteiger partial charge is 0.381 e. The van der Waals surface area contributed by atoms with Gasteiger partial charge in [-0.2, -0.15) is 0 Å². The number of H-pyrrole nitrogens is 1. The first-order valence-electron chi connectivity index (χ1n) is 7.70. The molecular formula is C17H19N3O3S. The summed E-state index contributed by atoms with van der Waals surface area (Å²) >= 11 is 0. The second-order valence-electron chi connectivity index (χ2n) is 5.29. The fourth-order valence-electron chi connectivity index (χ4n) is 2.47. The maximum Gasteiger partial charge on any atom is 0.234 e. The number of aromatic nitrogens is 2. The maximum absolute atomic E-state index is 12.0. The van der Waals surface area contributed by atoms with E-state index in [-0.39, 0.29) is 12.4 Å². The van der Waals surface area contributed by atoms with Crippen LogP contribution >= 0.6 is 0 Å². The van der Waals surface area contributed by atoms with Gasteiger partial charge in [0, 0.05) is 30.1 Å². The molecule has 7 heteroatoms. The lowest BCUT2D eigenvalue weighted by molar-refractivity contribution is 0.163. The Morgan fingerprint density at radius 2 is 1.96 bits per heavy atom. The van der Waals surface area contributed by atoms with Gasteiger partial charge in [-0.05, 0) is 42.3 Å². The number of ether oxygens (including phenoxy) is 1. The van der Waals surface area contributed by atoms with Crippen LogP contribution in [0.2, 0.25) is 0 Å². The minimum atomic E-state index is -3.40. The fraction of sp³-hybridized carbons (Fsp3) is 0.235. The molecule has 0 spiro atoms. The standard InChI is InChI=1S/C17H19N3O3S/c1-2-23-11-12-24(21,22)20-14-5-3-13(4-6-14)15-7-9-18-17-16(15)8-10-19-17/h3-10,20H,2,11-12H2,1H3,(H,18,19). The Bertz CT molecular complexity index is 918. The van der Waals surface area contributed by atoms with E-state index in [1.54, 1.807) is 18.3 Å². The monoisotopic (exact) mass is 345 g/mol. The van der Waals surface area contributed by atoms with E-state index in [2.05, 4.69) is 14.7 Å². The summed E-state index contributed by atoms with van der Waals surface area (Å²) in [7, 11) is -3.40. The lowest BCUT2D eigenvalue weighted by Gasteiger charge is -2.09. The van der Waals surface area contributed by atoms with Crippen LogP contribution in [-0.4, -0.2) is 37.4 Å². The summed E-state index contributed by atoms with van der Waals surface area (Å²) in [6.07, 6.45) is 3.60. The van der Waals surface area contributed by atoms with Crippen molar-refractivity contribution in [2.75, 3.05) is 23.7 Å². The van der Waals surface area contributed by atoms with E-state index in [0.29, 0.717) is 12.3 Å². The molecule has 3 rings (SSSR count). The topological polar surface area (TPSA) is 84.1 Å². The lowest BCUT2D eigenvalue weighted by atomic mass is 10.0. The van der Waals surface area contributed by atoms with Gasteiger partial charge in [0.05, 0.1) is 12.4 Å². The predicted molar refractivity (Wildman–Crippen MR) is 95.4 cm³/mol. The molecule has 0 saturated carbocycles. The number of nitrogens with one attached hydrogen (secondary N) is 2. The Balaban J connectivity index is 1.77. The van der Waals surface area contributed by atoms with Crippen molar-refractivity contribution in [3.8, 4) is 11.1 Å². The molecule has 0 unspecified atom stereocenters. The second-order valence-corrected chi connectivity index (χ2v) is 7.14. The maximum atomic E-state index is 12.0. The molecule has 0 aliphatic rings. The van der Waals surface area contributed by atoms with Crippen LogP contribution in [0.1, 0.15) is 6.92 Å². The Labute approximate surface area is 140 Å². The van der Waals surface area contributed by atoms with Crippen LogP contribution in [0.25, 0.3) is 22.2 Å². The number of rotatable bonds is 7. The summed E-state index contributed by atoms with van der Waals surface area (Å²) in [5.74, 6) is -0.0586. The van der Waals surface area contributed by atoms with Crippen LogP contribution in [0.4, 0.5) is 5.69 Å². The van der Waals surface area contributed by atoms with Gasteiger partial charge in [0.1, 0.15) is 5.65 Å². The number of nitrogens with zero attached hydrogens (tertiary/aromatic N) is 1. The van der Waals surface area contributed by atoms with Gasteiger partial charge in [-0.15, -0.1) is 0 Å². The molecule has 0 aliphatic heterocycles. The SMILES string of the molecule is CCOCCS(=O)(=O)Nc1ccc(-c2ccnc3[nH]ccc23)cc1. The van der Waals surface area contributed by atoms with Crippen molar-refractivity contribution in [1.82, 2.24) is 9.97 Å². The number of aromatic amines is 1. The summed E-state index contributed by atoms with van der Waals surface area (Å²) in [5.41, 5.74) is 3.41. The van der Waals surface area contributed by atoms with Crippen LogP contribution in [0.5, 0.6) is 0 Å². The Kier molecular flexibility index (Phi) is 4.82. The van der Waals surface area contributed by atoms with Crippen LogP contribution in [0.15, 0.2) is 48.8 Å². The van der Waals surface area contributed by atoms with Gasteiger partial charge in [0.15, 0.2) is 0 Å². The number of pyridine rings is 1. The second kappa shape index (κ2) is 7.02. The molecule has 3 aromatic rings. The third kappa shape index (κ3) is 3.74. The van der Waals surface area contributed by atoms with Gasteiger partial charge >= 0.3 is 0 Å². The average Bonchev–Trinajstić information content (AvgIpc) is 3.04. The molecule has 24 heavy (non-hydrogen) atoms. The van der Waals surface area contributed by atoms with E-state index in [0.717, 1.165) is 22.2 Å². The van der Waals surface area contributed by atoms with Gasteiger partial charge in [-0.3, -0.25) is 4.72 Å². The average molecular weight is 345 g/mol. The minimum Gasteiger partial charge on any atom is -0.381 e. The summed E-state index contributed by atoms with van der Waals surface area (Å²) in [5, 5.41) is 1.03. The summed E-state index contributed by atoms with van der Waals surface area (Å²) < 4.78 is 31.6. The molecule has 0 amide bonds. The van der Waals surface area contributed by atoms with Crippen LogP contribution < -0.4 is 4.72 Å². The van der Waals surface area contributed by atoms with E-state index in [4.69, 9.17) is 4.74 Å². The Morgan fingerprint density at radius 3 is 2.71 bits per heavy atom. The van der Waals surface area contributed by atoms with Gasteiger partial charge in [0.25, 0.3) is 0 Å². The van der Waals surface area contributed by atoms with Crippen molar-refractivity contribution >= 4 is 26.7 Å². The van der Waals surface area contributed by atoms with Crippen LogP contribution in [-0.2, 0) is 14.8 Å². The summed E-state index contributed by atoms with van der Waals surface area (Å²) in [4.78, 5) is 7.35. The third-order valence-electron chi connectivity index (χ3n) is 3.63. The molecule has 0 saturated heterocycles. The Morgan fingerprint density at radius 1 is 1.17 bits per heavy atom. The number of benzene rings is 1. The molecule has 0 bridgehead atoms. The minimum absolute atomic E-state index is 0.0586. The quantitative estimate of drug-likeness (QED) is 0.645. The summed E-state index contributed by atoms with van der Waals surface area (Å²) in [6, 6.07) is 11.2. The van der Waals surface area contributed by atoms with Gasteiger partial charge in [-0.25, -0.2) is 13.4 Å². The highest BCUT2D eigenvalue weighted by Crippen LogP contribution is 2.28. The van der Waals surface area contributed by atoms with Crippen molar-refractivity contribution in [1.29, 1.82) is 0 Å². The molecule has 0 aliphatic carbocycles. The van der Waals surface area contributed by atoms with E-state index in [1.807, 2.05) is 37.4 Å². The zero-order valence-electron chi connectivity index (χ0n) is 13.3. The van der Waals surface area contributed by atoms with Gasteiger partial charge < -0.3 is 9.72 Å². The van der Waals surface area contributed by atoms with E-state index < -0.39 is 10.0 Å². The first kappa shape index (κ1) is 16.5. The zero-order chi connectivity index (χ0) is 17.0. The van der Waals surface area contributed by atoms with E-state index >= 15 is 0 Å². The highest BCUT2D eigenvalue weighted by atomic mass is 32.2. The van der Waals surface area contributed by atoms with Crippen molar-refractivity contribution in [2.24, 2.45) is 0 Å². The number of anilines is 1. The zero-order valence-corrected chi connectivity index (χ0v) is 14.1. The van der Waals surface area contributed by atoms with Crippen molar-refractivity contribution in [3.63, 3.8) is 0 Å². The van der Waals surface area contributed by atoms with Crippen molar-refractivity contribution < 1.29 is 13.2 Å². The van der Waals surface area contributed by atoms with Gasteiger partial charge in [-0.1, -0.05) is 12.1 Å². The molecule has 126 valence electrons. The number of hydrogen-bond donors (Lipinski definition) is 2. The molecular weight excluding hydrogens is 326 g/mol. The highest BCUT2D eigenvalue weighted by Gasteiger charge is 2.11. The molecule has 2 heterocycles. The smallest absolute Gasteiger partial charge is 0.234 e. The van der Waals surface area contributed by atoms with E-state index in [1.165, 1.54) is 0 Å². The molecule has 6 nitrogen and oxygen atoms in total.